The number of likely N-dealkylation sites (tertiary alicyclic amines) is 1. The van der Waals surface area contributed by atoms with Crippen molar-refractivity contribution in [2.45, 2.75) is 52.0 Å². The Morgan fingerprint density at radius 2 is 1.49 bits per heavy atom. The fraction of sp³-hybridized carbons (Fsp3) is 0.333. The minimum Gasteiger partial charge on any atom is -0.507 e. The normalized spacial score (nSPS) is 16.5. The van der Waals surface area contributed by atoms with Crippen molar-refractivity contribution in [3.63, 3.8) is 0 Å². The van der Waals surface area contributed by atoms with Gasteiger partial charge in [0.15, 0.2) is 0 Å². The Labute approximate surface area is 230 Å². The molecule has 1 aliphatic rings. The lowest BCUT2D eigenvalue weighted by molar-refractivity contribution is -0.139. The second-order valence-corrected chi connectivity index (χ2v) is 9.73. The first-order valence-corrected chi connectivity index (χ1v) is 13.8. The predicted molar refractivity (Wildman–Crippen MR) is 153 cm³/mol. The van der Waals surface area contributed by atoms with Gasteiger partial charge in [0.25, 0.3) is 11.7 Å². The van der Waals surface area contributed by atoms with E-state index in [1.165, 1.54) is 0 Å². The smallest absolute Gasteiger partial charge is 0.295 e. The molecule has 0 bridgehead atoms. The van der Waals surface area contributed by atoms with Crippen molar-refractivity contribution in [1.29, 1.82) is 0 Å². The summed E-state index contributed by atoms with van der Waals surface area (Å²) in [5.41, 5.74) is 2.32. The molecule has 1 N–H and O–H groups in total. The number of rotatable bonds is 13. The van der Waals surface area contributed by atoms with Crippen molar-refractivity contribution in [3.05, 3.63) is 101 Å². The van der Waals surface area contributed by atoms with Gasteiger partial charge in [-0.15, -0.1) is 0 Å². The van der Waals surface area contributed by atoms with Gasteiger partial charge in [-0.2, -0.15) is 0 Å². The van der Waals surface area contributed by atoms with Crippen LogP contribution in [0.4, 0.5) is 0 Å². The number of carbonyl (C=O) groups excluding carboxylic acids is 2. The van der Waals surface area contributed by atoms with Gasteiger partial charge in [-0.1, -0.05) is 81.3 Å². The van der Waals surface area contributed by atoms with Gasteiger partial charge in [0.2, 0.25) is 0 Å². The van der Waals surface area contributed by atoms with E-state index in [-0.39, 0.29) is 11.3 Å². The minimum atomic E-state index is -0.719. The zero-order valence-electron chi connectivity index (χ0n) is 22.8. The molecule has 0 aliphatic carbocycles. The van der Waals surface area contributed by atoms with Crippen molar-refractivity contribution in [2.24, 2.45) is 0 Å². The highest BCUT2D eigenvalue weighted by Crippen LogP contribution is 2.40. The predicted octanol–water partition coefficient (Wildman–Crippen LogP) is 6.71. The Morgan fingerprint density at radius 3 is 2.15 bits per heavy atom. The van der Waals surface area contributed by atoms with Crippen molar-refractivity contribution in [3.8, 4) is 11.5 Å². The molecule has 1 amide bonds. The van der Waals surface area contributed by atoms with E-state index < -0.39 is 17.7 Å². The summed E-state index contributed by atoms with van der Waals surface area (Å²) < 4.78 is 11.6. The monoisotopic (exact) mass is 527 g/mol. The first-order chi connectivity index (χ1) is 19.0. The first kappa shape index (κ1) is 28.0. The van der Waals surface area contributed by atoms with Gasteiger partial charge in [0, 0.05) is 12.1 Å². The fourth-order valence-corrected chi connectivity index (χ4v) is 4.66. The summed E-state index contributed by atoms with van der Waals surface area (Å²) in [5.74, 6) is -0.173. The number of unbranched alkanes of at least 4 members (excludes halogenated alkanes) is 2. The molecule has 0 spiro atoms. The molecule has 6 heteroatoms. The molecule has 0 aromatic heterocycles. The number of Topliss-reactive ketones (excluding diaryl/α,β-unsaturated/α-hetero) is 1. The van der Waals surface area contributed by atoms with Crippen molar-refractivity contribution in [1.82, 2.24) is 4.90 Å². The van der Waals surface area contributed by atoms with Crippen molar-refractivity contribution in [2.75, 3.05) is 19.8 Å². The second kappa shape index (κ2) is 13.7. The topological polar surface area (TPSA) is 76.1 Å². The highest BCUT2D eigenvalue weighted by atomic mass is 16.5. The summed E-state index contributed by atoms with van der Waals surface area (Å²) in [6.45, 7) is 5.73. The van der Waals surface area contributed by atoms with Gasteiger partial charge in [-0.3, -0.25) is 9.59 Å². The highest BCUT2D eigenvalue weighted by Gasteiger charge is 2.45. The molecule has 1 aliphatic heterocycles. The van der Waals surface area contributed by atoms with E-state index in [1.54, 1.807) is 23.1 Å². The van der Waals surface area contributed by atoms with Crippen LogP contribution < -0.4 is 9.47 Å². The molecular weight excluding hydrogens is 490 g/mol. The van der Waals surface area contributed by atoms with E-state index in [4.69, 9.17) is 9.47 Å². The summed E-state index contributed by atoms with van der Waals surface area (Å²) in [7, 11) is 0. The third-order valence-electron chi connectivity index (χ3n) is 6.86. The van der Waals surface area contributed by atoms with Crippen LogP contribution in [0.5, 0.6) is 11.5 Å². The number of ether oxygens (including phenoxy) is 2. The zero-order chi connectivity index (χ0) is 27.6. The Hall–Kier alpha value is -4.06. The number of hydrogen-bond donors (Lipinski definition) is 1. The lowest BCUT2D eigenvalue weighted by atomic mass is 9.95. The number of carbonyl (C=O) groups is 2. The fourth-order valence-electron chi connectivity index (χ4n) is 4.66. The number of benzene rings is 3. The molecule has 39 heavy (non-hydrogen) atoms. The second-order valence-electron chi connectivity index (χ2n) is 9.73. The van der Waals surface area contributed by atoms with Crippen LogP contribution in [0.1, 0.15) is 62.3 Å². The van der Waals surface area contributed by atoms with Crippen LogP contribution in [0.25, 0.3) is 5.76 Å². The van der Waals surface area contributed by atoms with E-state index in [1.807, 2.05) is 60.7 Å². The maximum absolute atomic E-state index is 13.4. The van der Waals surface area contributed by atoms with Gasteiger partial charge < -0.3 is 19.5 Å². The van der Waals surface area contributed by atoms with Gasteiger partial charge in [-0.05, 0) is 54.7 Å². The van der Waals surface area contributed by atoms with Crippen LogP contribution in [0.3, 0.4) is 0 Å². The van der Waals surface area contributed by atoms with E-state index >= 15 is 0 Å². The average Bonchev–Trinajstić information content (AvgIpc) is 3.22. The van der Waals surface area contributed by atoms with Crippen LogP contribution in [-0.2, 0) is 16.0 Å². The van der Waals surface area contributed by atoms with Crippen molar-refractivity contribution >= 4 is 17.4 Å². The Kier molecular flexibility index (Phi) is 9.79. The lowest BCUT2D eigenvalue weighted by Crippen LogP contribution is -2.31. The number of nitrogens with zero attached hydrogens (tertiary/aromatic N) is 1. The molecule has 3 aromatic rings. The molecule has 3 aromatic carbocycles. The molecule has 1 fully saturated rings. The lowest BCUT2D eigenvalue weighted by Gasteiger charge is -2.25. The van der Waals surface area contributed by atoms with Gasteiger partial charge in [0.05, 0.1) is 24.8 Å². The molecule has 1 unspecified atom stereocenters. The largest absolute Gasteiger partial charge is 0.507 e. The summed E-state index contributed by atoms with van der Waals surface area (Å²) >= 11 is 0. The zero-order valence-corrected chi connectivity index (χ0v) is 22.8. The average molecular weight is 528 g/mol. The SMILES string of the molecule is CCCCOc1ccc(C2/C(=C(\O)c3cccc(OCCCC)c3)C(=O)C(=O)N2CCc2ccccc2)cc1. The van der Waals surface area contributed by atoms with Crippen LogP contribution in [-0.4, -0.2) is 41.5 Å². The Balaban J connectivity index is 1.69. The highest BCUT2D eigenvalue weighted by molar-refractivity contribution is 6.46. The maximum atomic E-state index is 13.4. The molecular formula is C33H37NO5. The summed E-state index contributed by atoms with van der Waals surface area (Å²) in [4.78, 5) is 28.3. The van der Waals surface area contributed by atoms with E-state index in [0.29, 0.717) is 37.5 Å². The third kappa shape index (κ3) is 6.88. The van der Waals surface area contributed by atoms with Gasteiger partial charge >= 0.3 is 0 Å². The summed E-state index contributed by atoms with van der Waals surface area (Å²) in [5, 5.41) is 11.4. The number of aliphatic hydroxyl groups excluding tert-OH is 1. The maximum Gasteiger partial charge on any atom is 0.295 e. The molecule has 0 saturated carbocycles. The molecule has 1 atom stereocenters. The van der Waals surface area contributed by atoms with E-state index in [2.05, 4.69) is 13.8 Å². The number of hydrogen-bond acceptors (Lipinski definition) is 5. The summed E-state index contributed by atoms with van der Waals surface area (Å²) in [6, 6.07) is 23.6. The van der Waals surface area contributed by atoms with Crippen LogP contribution in [0, 0.1) is 0 Å². The van der Waals surface area contributed by atoms with Gasteiger partial charge in [0.1, 0.15) is 17.3 Å². The molecule has 0 radical (unpaired) electrons. The molecule has 1 saturated heterocycles. The van der Waals surface area contributed by atoms with Crippen LogP contribution in [0.15, 0.2) is 84.4 Å². The summed E-state index contributed by atoms with van der Waals surface area (Å²) in [6.07, 6.45) is 4.51. The van der Waals surface area contributed by atoms with Crippen LogP contribution >= 0.6 is 0 Å². The standard InChI is InChI=1S/C33H37NO5/c1-3-5-21-38-27-17-15-25(16-18-27)30-29(31(35)26-13-10-14-28(23-26)39-22-6-4-2)32(36)33(37)34(30)20-19-24-11-8-7-9-12-24/h7-18,23,30,35H,3-6,19-22H2,1-2H3/b31-29+. The number of amides is 1. The van der Waals surface area contributed by atoms with Crippen molar-refractivity contribution < 1.29 is 24.2 Å². The number of ketones is 1. The Bertz CT molecular complexity index is 1280. The van der Waals surface area contributed by atoms with Gasteiger partial charge in [-0.25, -0.2) is 0 Å². The quantitative estimate of drug-likeness (QED) is 0.116. The molecule has 4 rings (SSSR count). The Morgan fingerprint density at radius 1 is 0.821 bits per heavy atom. The molecule has 1 heterocycles. The molecule has 6 nitrogen and oxygen atoms in total. The first-order valence-electron chi connectivity index (χ1n) is 13.8. The van der Waals surface area contributed by atoms with E-state index in [9.17, 15) is 14.7 Å². The molecule has 204 valence electrons. The van der Waals surface area contributed by atoms with E-state index in [0.717, 1.165) is 42.6 Å². The number of aliphatic hydroxyl groups is 1. The third-order valence-corrected chi connectivity index (χ3v) is 6.86. The van der Waals surface area contributed by atoms with Crippen LogP contribution in [0.2, 0.25) is 0 Å². The minimum absolute atomic E-state index is 0.0819.